The van der Waals surface area contributed by atoms with E-state index in [0.717, 1.165) is 0 Å². The van der Waals surface area contributed by atoms with Crippen molar-refractivity contribution in [3.05, 3.63) is 0 Å². The molecule has 0 aromatic rings. The maximum absolute atomic E-state index is 5.71. The third-order valence-corrected chi connectivity index (χ3v) is 10.1. The molecule has 0 aliphatic rings. The number of rotatable bonds is 2. The molecule has 0 spiro atoms. The second kappa shape index (κ2) is 3.60. The van der Waals surface area contributed by atoms with Gasteiger partial charge < -0.3 is 4.23 Å². The normalized spacial score (nSPS) is 13.3. The fraction of sp³-hybridized carbons (Fsp3) is 1.00. The molecule has 56 valence electrons. The Hall–Kier alpha value is 1.26. The first kappa shape index (κ1) is 10.3. The van der Waals surface area contributed by atoms with E-state index in [1.807, 2.05) is 11.3 Å². The van der Waals surface area contributed by atoms with Crippen molar-refractivity contribution >= 4 is 48.4 Å². The van der Waals surface area contributed by atoms with E-state index < -0.39 is 15.1 Å². The molecule has 9 heavy (non-hydrogen) atoms. The van der Waals surface area contributed by atoms with Gasteiger partial charge in [-0.3, -0.25) is 0 Å². The zero-order valence-corrected chi connectivity index (χ0v) is 10.1. The number of hydrogen-bond donors (Lipinski definition) is 0. The highest BCUT2D eigenvalue weighted by Crippen LogP contribution is 2.23. The van der Waals surface area contributed by atoms with Gasteiger partial charge in [-0.2, -0.15) is 0 Å². The van der Waals surface area contributed by atoms with Crippen LogP contribution in [0, 0.1) is 0 Å². The lowest BCUT2D eigenvalue weighted by Gasteiger charge is -2.25. The predicted molar refractivity (Wildman–Crippen MR) is 50.0 cm³/mol. The van der Waals surface area contributed by atoms with Gasteiger partial charge in [0.1, 0.15) is 8.96 Å². The van der Waals surface area contributed by atoms with Gasteiger partial charge in [0.25, 0.3) is 0 Å². The summed E-state index contributed by atoms with van der Waals surface area (Å²) in [4.78, 5) is 0. The zero-order valence-electron chi connectivity index (χ0n) is 5.66. The molecule has 0 heterocycles. The Bertz CT molecular complexity index is 91.5. The number of hydrogen-bond acceptors (Lipinski definition) is 1. The third-order valence-electron chi connectivity index (χ3n) is 1.17. The van der Waals surface area contributed by atoms with Crippen LogP contribution < -0.4 is 0 Å². The van der Waals surface area contributed by atoms with Crippen LogP contribution in [0.2, 0.25) is 13.1 Å². The zero-order chi connectivity index (χ0) is 7.65. The van der Waals surface area contributed by atoms with Crippen LogP contribution in [-0.2, 0) is 0 Å². The Morgan fingerprint density at radius 3 is 1.56 bits per heavy atom. The number of nitrogens with zero attached hydrogens (tertiary/aromatic N) is 1. The molecular formula is C3H10Cl3NSi2. The predicted octanol–water partition coefficient (Wildman–Crippen LogP) is 2.05. The molecular weight excluding hydrogens is 213 g/mol. The van der Waals surface area contributed by atoms with Crippen LogP contribution in [-0.4, -0.2) is 26.4 Å². The van der Waals surface area contributed by atoms with Crippen LogP contribution in [0.15, 0.2) is 0 Å². The van der Waals surface area contributed by atoms with E-state index in [2.05, 4.69) is 13.1 Å². The Balaban J connectivity index is 3.88. The van der Waals surface area contributed by atoms with Crippen molar-refractivity contribution in [3.63, 3.8) is 0 Å². The molecule has 0 radical (unpaired) electrons. The van der Waals surface area contributed by atoms with Gasteiger partial charge in [-0.1, -0.05) is 13.1 Å². The summed E-state index contributed by atoms with van der Waals surface area (Å²) < 4.78 is 1.93. The van der Waals surface area contributed by atoms with Crippen molar-refractivity contribution < 1.29 is 0 Å². The average molecular weight is 223 g/mol. The standard InChI is InChI=1S/C3H10Cl3NSi2/c1-7(8(2)3)9(4,5)6/h8H,1-3H3. The molecule has 0 fully saturated rings. The fourth-order valence-corrected chi connectivity index (χ4v) is 7.90. The molecule has 0 saturated carbocycles. The first-order chi connectivity index (χ1) is 3.85. The van der Waals surface area contributed by atoms with Crippen molar-refractivity contribution in [1.29, 1.82) is 0 Å². The van der Waals surface area contributed by atoms with Gasteiger partial charge in [-0.25, -0.2) is 0 Å². The summed E-state index contributed by atoms with van der Waals surface area (Å²) in [6.07, 6.45) is -2.51. The SMILES string of the molecule is CN([SiH](C)C)[Si](Cl)(Cl)Cl. The maximum Gasteiger partial charge on any atom is 0.417 e. The van der Waals surface area contributed by atoms with Crippen LogP contribution in [0.3, 0.4) is 0 Å². The first-order valence-electron chi connectivity index (χ1n) is 2.65. The molecule has 6 heteroatoms. The van der Waals surface area contributed by atoms with E-state index in [9.17, 15) is 0 Å². The highest BCUT2D eigenvalue weighted by atomic mass is 35.8. The van der Waals surface area contributed by atoms with E-state index >= 15 is 0 Å². The summed E-state index contributed by atoms with van der Waals surface area (Å²) in [6.45, 7) is 4.27. The van der Waals surface area contributed by atoms with Crippen LogP contribution in [0.1, 0.15) is 0 Å². The first-order valence-corrected chi connectivity index (χ1v) is 10.5. The number of halogens is 3. The molecule has 0 amide bonds. The lowest BCUT2D eigenvalue weighted by atomic mass is 11.6. The Labute approximate surface area is 72.8 Å². The molecule has 0 aromatic heterocycles. The van der Waals surface area contributed by atoms with E-state index in [1.54, 1.807) is 0 Å². The van der Waals surface area contributed by atoms with Gasteiger partial charge in [0.15, 0.2) is 0 Å². The highest BCUT2D eigenvalue weighted by molar-refractivity contribution is 7.64. The molecule has 0 aliphatic carbocycles. The van der Waals surface area contributed by atoms with Crippen LogP contribution in [0.4, 0.5) is 0 Å². The molecule has 0 bridgehead atoms. The van der Waals surface area contributed by atoms with Gasteiger partial charge in [0.05, 0.1) is 0 Å². The monoisotopic (exact) mass is 221 g/mol. The van der Waals surface area contributed by atoms with Crippen LogP contribution in [0.5, 0.6) is 0 Å². The molecule has 0 N–H and O–H groups in total. The Morgan fingerprint density at radius 2 is 1.56 bits per heavy atom. The lowest BCUT2D eigenvalue weighted by molar-refractivity contribution is 0.829. The quantitative estimate of drug-likeness (QED) is 0.511. The van der Waals surface area contributed by atoms with Gasteiger partial charge in [0.2, 0.25) is 0 Å². The van der Waals surface area contributed by atoms with Gasteiger partial charge in [-0.05, 0) is 7.05 Å². The third kappa shape index (κ3) is 3.85. The summed E-state index contributed by atoms with van der Waals surface area (Å²) in [5, 5.41) is 0. The van der Waals surface area contributed by atoms with Crippen molar-refractivity contribution in [2.45, 2.75) is 13.1 Å². The summed E-state index contributed by atoms with van der Waals surface area (Å²) in [6, 6.07) is 0. The Kier molecular flexibility index (Phi) is 4.10. The summed E-state index contributed by atoms with van der Waals surface area (Å²) in [5.74, 6) is 0. The molecule has 0 atom stereocenters. The smallest absolute Gasteiger partial charge is 0.315 e. The summed E-state index contributed by atoms with van der Waals surface area (Å²) in [5.41, 5.74) is 0. The molecule has 0 aliphatic heterocycles. The van der Waals surface area contributed by atoms with E-state index in [1.165, 1.54) is 0 Å². The summed E-state index contributed by atoms with van der Waals surface area (Å²) in [7, 11) is 0.995. The van der Waals surface area contributed by atoms with Crippen molar-refractivity contribution in [2.24, 2.45) is 0 Å². The lowest BCUT2D eigenvalue weighted by Crippen LogP contribution is -2.44. The van der Waals surface area contributed by atoms with Gasteiger partial charge >= 0.3 is 6.16 Å². The molecule has 0 aromatic carbocycles. The highest BCUT2D eigenvalue weighted by Gasteiger charge is 2.33. The molecule has 1 nitrogen and oxygen atoms in total. The fourth-order valence-electron chi connectivity index (χ4n) is 0.293. The minimum absolute atomic E-state index is 0.890. The van der Waals surface area contributed by atoms with Gasteiger partial charge in [0, 0.05) is 0 Å². The van der Waals surface area contributed by atoms with E-state index in [-0.39, 0.29) is 0 Å². The van der Waals surface area contributed by atoms with Crippen molar-refractivity contribution in [2.75, 3.05) is 7.05 Å². The van der Waals surface area contributed by atoms with Gasteiger partial charge in [-0.15, -0.1) is 33.2 Å². The van der Waals surface area contributed by atoms with Crippen molar-refractivity contribution in [1.82, 2.24) is 4.23 Å². The molecule has 0 saturated heterocycles. The minimum atomic E-state index is -2.51. The maximum atomic E-state index is 5.71. The van der Waals surface area contributed by atoms with Crippen LogP contribution in [0.25, 0.3) is 0 Å². The average Bonchev–Trinajstić information content (AvgIpc) is 1.62. The second-order valence-corrected chi connectivity index (χ2v) is 14.0. The second-order valence-electron chi connectivity index (χ2n) is 2.17. The van der Waals surface area contributed by atoms with E-state index in [4.69, 9.17) is 33.2 Å². The topological polar surface area (TPSA) is 3.24 Å². The molecule has 0 unspecified atom stereocenters. The summed E-state index contributed by atoms with van der Waals surface area (Å²) >= 11 is 17.1. The minimum Gasteiger partial charge on any atom is -0.315 e. The van der Waals surface area contributed by atoms with Crippen molar-refractivity contribution in [3.8, 4) is 0 Å². The largest absolute Gasteiger partial charge is 0.417 e. The Morgan fingerprint density at radius 1 is 1.22 bits per heavy atom. The van der Waals surface area contributed by atoms with E-state index in [0.29, 0.717) is 0 Å². The van der Waals surface area contributed by atoms with Crippen LogP contribution >= 0.6 is 33.2 Å². The molecule has 0 rings (SSSR count).